The number of hydrogen-bond acceptors (Lipinski definition) is 3. The lowest BCUT2D eigenvalue weighted by molar-refractivity contribution is -0.127. The van der Waals surface area contributed by atoms with E-state index in [2.05, 4.69) is 0 Å². The van der Waals surface area contributed by atoms with E-state index in [1.807, 2.05) is 74.2 Å². The fourth-order valence-electron chi connectivity index (χ4n) is 3.25. The fourth-order valence-corrected chi connectivity index (χ4v) is 3.25. The van der Waals surface area contributed by atoms with Gasteiger partial charge in [-0.05, 0) is 56.7 Å². The van der Waals surface area contributed by atoms with E-state index in [-0.39, 0.29) is 17.9 Å². The highest BCUT2D eigenvalue weighted by atomic mass is 16.5. The Labute approximate surface area is 172 Å². The summed E-state index contributed by atoms with van der Waals surface area (Å²) in [5.74, 6) is 0.773. The molecule has 0 radical (unpaired) electrons. The van der Waals surface area contributed by atoms with Gasteiger partial charge in [-0.1, -0.05) is 29.8 Å². The highest BCUT2D eigenvalue weighted by Gasteiger charge is 2.23. The molecule has 0 saturated carbocycles. The van der Waals surface area contributed by atoms with Crippen molar-refractivity contribution in [1.29, 1.82) is 0 Å². The van der Waals surface area contributed by atoms with Gasteiger partial charge in [0.25, 0.3) is 5.91 Å². The summed E-state index contributed by atoms with van der Waals surface area (Å²) in [4.78, 5) is 28.7. The quantitative estimate of drug-likeness (QED) is 0.728. The minimum Gasteiger partial charge on any atom is -0.491 e. The number of nitrogens with zero attached hydrogens (tertiary/aromatic N) is 2. The Morgan fingerprint density at radius 2 is 1.62 bits per heavy atom. The molecule has 0 atom stereocenters. The number of aryl methyl sites for hydroxylation is 1. The van der Waals surface area contributed by atoms with Crippen LogP contribution in [0.15, 0.2) is 54.6 Å². The molecule has 5 heteroatoms. The molecule has 1 aliphatic heterocycles. The molecular formula is C24H28N2O3. The van der Waals surface area contributed by atoms with Gasteiger partial charge in [0, 0.05) is 37.8 Å². The minimum absolute atomic E-state index is 0.0228. The minimum atomic E-state index is -0.0392. The van der Waals surface area contributed by atoms with E-state index in [1.54, 1.807) is 17.1 Å². The third-order valence-electron chi connectivity index (χ3n) is 4.83. The predicted octanol–water partition coefficient (Wildman–Crippen LogP) is 3.78. The van der Waals surface area contributed by atoms with Gasteiger partial charge < -0.3 is 14.5 Å². The second-order valence-electron chi connectivity index (χ2n) is 7.56. The molecule has 29 heavy (non-hydrogen) atoms. The number of benzene rings is 2. The van der Waals surface area contributed by atoms with Crippen LogP contribution in [-0.4, -0.2) is 53.9 Å². The molecule has 152 valence electrons. The molecule has 0 aliphatic carbocycles. The van der Waals surface area contributed by atoms with Crippen molar-refractivity contribution in [2.45, 2.75) is 26.9 Å². The zero-order valence-electron chi connectivity index (χ0n) is 17.3. The SMILES string of the molecule is Cc1ccc(C(=O)N2CCN(C(=O)/C=C/c3cccc(OC(C)C)c3)CC2)cc1. The Hall–Kier alpha value is -3.08. The lowest BCUT2D eigenvalue weighted by atomic mass is 10.1. The second kappa shape index (κ2) is 9.41. The maximum atomic E-state index is 12.6. The Kier molecular flexibility index (Phi) is 6.70. The first-order chi connectivity index (χ1) is 13.9. The number of piperazine rings is 1. The van der Waals surface area contributed by atoms with Crippen molar-refractivity contribution in [3.05, 3.63) is 71.3 Å². The van der Waals surface area contributed by atoms with Crippen LogP contribution in [0.4, 0.5) is 0 Å². The summed E-state index contributed by atoms with van der Waals surface area (Å²) < 4.78 is 5.69. The first-order valence-corrected chi connectivity index (χ1v) is 10.0. The Bertz CT molecular complexity index is 879. The smallest absolute Gasteiger partial charge is 0.253 e. The summed E-state index contributed by atoms with van der Waals surface area (Å²) in [7, 11) is 0. The molecule has 0 N–H and O–H groups in total. The zero-order chi connectivity index (χ0) is 20.8. The fraction of sp³-hybridized carbons (Fsp3) is 0.333. The molecule has 2 amide bonds. The van der Waals surface area contributed by atoms with E-state index in [0.717, 1.165) is 16.9 Å². The summed E-state index contributed by atoms with van der Waals surface area (Å²) in [6, 6.07) is 15.3. The van der Waals surface area contributed by atoms with Gasteiger partial charge in [-0.2, -0.15) is 0 Å². The second-order valence-corrected chi connectivity index (χ2v) is 7.56. The van der Waals surface area contributed by atoms with Crippen LogP contribution in [0.3, 0.4) is 0 Å². The van der Waals surface area contributed by atoms with Crippen LogP contribution in [0.1, 0.15) is 35.3 Å². The van der Waals surface area contributed by atoms with E-state index < -0.39 is 0 Å². The van der Waals surface area contributed by atoms with Gasteiger partial charge in [-0.25, -0.2) is 0 Å². The summed E-state index contributed by atoms with van der Waals surface area (Å²) in [5, 5.41) is 0. The van der Waals surface area contributed by atoms with Crippen LogP contribution < -0.4 is 4.74 Å². The molecule has 0 spiro atoms. The van der Waals surface area contributed by atoms with Crippen molar-refractivity contribution < 1.29 is 14.3 Å². The van der Waals surface area contributed by atoms with E-state index >= 15 is 0 Å². The molecule has 0 unspecified atom stereocenters. The molecule has 2 aromatic rings. The standard InChI is InChI=1S/C24H28N2O3/c1-18(2)29-22-6-4-5-20(17-22)9-12-23(27)25-13-15-26(16-14-25)24(28)21-10-7-19(3)8-11-21/h4-12,17-18H,13-16H2,1-3H3/b12-9+. The normalized spacial score (nSPS) is 14.5. The van der Waals surface area contributed by atoms with Crippen molar-refractivity contribution in [2.75, 3.05) is 26.2 Å². The van der Waals surface area contributed by atoms with Crippen LogP contribution in [-0.2, 0) is 4.79 Å². The Balaban J connectivity index is 1.54. The maximum Gasteiger partial charge on any atom is 0.253 e. The maximum absolute atomic E-state index is 12.6. The molecule has 1 fully saturated rings. The van der Waals surface area contributed by atoms with E-state index in [0.29, 0.717) is 31.7 Å². The first kappa shape index (κ1) is 20.6. The summed E-state index contributed by atoms with van der Waals surface area (Å²) in [6.45, 7) is 8.13. The molecule has 0 bridgehead atoms. The Morgan fingerprint density at radius 1 is 0.966 bits per heavy atom. The van der Waals surface area contributed by atoms with Crippen molar-refractivity contribution in [2.24, 2.45) is 0 Å². The molecule has 1 heterocycles. The lowest BCUT2D eigenvalue weighted by Gasteiger charge is -2.34. The van der Waals surface area contributed by atoms with Gasteiger partial charge in [0.05, 0.1) is 6.10 Å². The van der Waals surface area contributed by atoms with Crippen LogP contribution in [0.5, 0.6) is 5.75 Å². The van der Waals surface area contributed by atoms with Gasteiger partial charge in [0.1, 0.15) is 5.75 Å². The van der Waals surface area contributed by atoms with Gasteiger partial charge in [-0.3, -0.25) is 9.59 Å². The monoisotopic (exact) mass is 392 g/mol. The number of amides is 2. The molecule has 0 aromatic heterocycles. The average molecular weight is 392 g/mol. The largest absolute Gasteiger partial charge is 0.491 e. The van der Waals surface area contributed by atoms with Crippen molar-refractivity contribution >= 4 is 17.9 Å². The number of carbonyl (C=O) groups is 2. The van der Waals surface area contributed by atoms with Gasteiger partial charge in [0.15, 0.2) is 0 Å². The van der Waals surface area contributed by atoms with E-state index in [1.165, 1.54) is 0 Å². The lowest BCUT2D eigenvalue weighted by Crippen LogP contribution is -2.50. The molecule has 2 aromatic carbocycles. The Morgan fingerprint density at radius 3 is 2.28 bits per heavy atom. The number of hydrogen-bond donors (Lipinski definition) is 0. The number of rotatable bonds is 5. The van der Waals surface area contributed by atoms with Crippen LogP contribution >= 0.6 is 0 Å². The predicted molar refractivity (Wildman–Crippen MR) is 115 cm³/mol. The van der Waals surface area contributed by atoms with Crippen molar-refractivity contribution in [3.8, 4) is 5.75 Å². The summed E-state index contributed by atoms with van der Waals surface area (Å²) in [5.41, 5.74) is 2.74. The molecular weight excluding hydrogens is 364 g/mol. The topological polar surface area (TPSA) is 49.9 Å². The molecule has 3 rings (SSSR count). The molecule has 1 saturated heterocycles. The number of ether oxygens (including phenoxy) is 1. The summed E-state index contributed by atoms with van der Waals surface area (Å²) >= 11 is 0. The molecule has 5 nitrogen and oxygen atoms in total. The third-order valence-corrected chi connectivity index (χ3v) is 4.83. The average Bonchev–Trinajstić information content (AvgIpc) is 2.72. The summed E-state index contributed by atoms with van der Waals surface area (Å²) in [6.07, 6.45) is 3.50. The zero-order valence-corrected chi connectivity index (χ0v) is 17.3. The van der Waals surface area contributed by atoms with Crippen LogP contribution in [0.25, 0.3) is 6.08 Å². The van der Waals surface area contributed by atoms with E-state index in [4.69, 9.17) is 4.74 Å². The first-order valence-electron chi connectivity index (χ1n) is 10.0. The molecule has 1 aliphatic rings. The van der Waals surface area contributed by atoms with Crippen LogP contribution in [0, 0.1) is 6.92 Å². The number of carbonyl (C=O) groups excluding carboxylic acids is 2. The highest BCUT2D eigenvalue weighted by Crippen LogP contribution is 2.16. The van der Waals surface area contributed by atoms with Gasteiger partial charge in [0.2, 0.25) is 5.91 Å². The third kappa shape index (κ3) is 5.70. The van der Waals surface area contributed by atoms with Gasteiger partial charge >= 0.3 is 0 Å². The van der Waals surface area contributed by atoms with Crippen LogP contribution in [0.2, 0.25) is 0 Å². The van der Waals surface area contributed by atoms with E-state index in [9.17, 15) is 9.59 Å². The van der Waals surface area contributed by atoms with Crippen molar-refractivity contribution in [1.82, 2.24) is 9.80 Å². The van der Waals surface area contributed by atoms with Gasteiger partial charge in [-0.15, -0.1) is 0 Å². The van der Waals surface area contributed by atoms with Crippen molar-refractivity contribution in [3.63, 3.8) is 0 Å². The highest BCUT2D eigenvalue weighted by molar-refractivity contribution is 5.95.